The molecule has 92 valence electrons. The molecule has 0 unspecified atom stereocenters. The van der Waals surface area contributed by atoms with E-state index in [-0.39, 0.29) is 5.84 Å². The highest BCUT2D eigenvalue weighted by atomic mass is 15.1. The number of nitrogens with one attached hydrogen (secondary N) is 1. The maximum Gasteiger partial charge on any atom is 0.141 e. The molecule has 1 aromatic heterocycles. The number of likely N-dealkylation sites (tertiary alicyclic amines) is 1. The number of nitrogens with zero attached hydrogens (tertiary/aromatic N) is 2. The Kier molecular flexibility index (Phi) is 4.09. The lowest BCUT2D eigenvalue weighted by atomic mass is 10.2. The monoisotopic (exact) mass is 232 g/mol. The van der Waals surface area contributed by atoms with E-state index in [9.17, 15) is 0 Å². The maximum absolute atomic E-state index is 7.39. The summed E-state index contributed by atoms with van der Waals surface area (Å²) in [6.07, 6.45) is 7.04. The Bertz CT molecular complexity index is 381. The number of rotatable bonds is 3. The number of amidine groups is 1. The third kappa shape index (κ3) is 3.53. The number of aromatic nitrogens is 1. The summed E-state index contributed by atoms with van der Waals surface area (Å²) in [5.74, 6) is 0.0442. The van der Waals surface area contributed by atoms with Crippen LogP contribution in [0.15, 0.2) is 18.3 Å². The molecule has 2 heterocycles. The summed E-state index contributed by atoms with van der Waals surface area (Å²) in [6, 6.07) is 3.94. The highest BCUT2D eigenvalue weighted by molar-refractivity contribution is 5.93. The van der Waals surface area contributed by atoms with E-state index in [2.05, 4.69) is 9.88 Å². The summed E-state index contributed by atoms with van der Waals surface area (Å²) in [7, 11) is 0. The van der Waals surface area contributed by atoms with Gasteiger partial charge in [-0.15, -0.1) is 0 Å². The third-order valence-corrected chi connectivity index (χ3v) is 3.21. The topological polar surface area (TPSA) is 66.0 Å². The van der Waals surface area contributed by atoms with Gasteiger partial charge in [-0.05, 0) is 43.6 Å². The summed E-state index contributed by atoms with van der Waals surface area (Å²) in [5.41, 5.74) is 7.23. The largest absolute Gasteiger partial charge is 0.382 e. The van der Waals surface area contributed by atoms with Crippen LogP contribution in [-0.4, -0.2) is 28.8 Å². The van der Waals surface area contributed by atoms with Gasteiger partial charge in [0, 0.05) is 12.7 Å². The number of nitrogens with two attached hydrogens (primary N) is 1. The van der Waals surface area contributed by atoms with Crippen LogP contribution in [0.1, 0.15) is 36.9 Å². The maximum atomic E-state index is 7.39. The van der Waals surface area contributed by atoms with Crippen LogP contribution in [-0.2, 0) is 6.54 Å². The van der Waals surface area contributed by atoms with Gasteiger partial charge >= 0.3 is 0 Å². The van der Waals surface area contributed by atoms with Crippen molar-refractivity contribution >= 4 is 5.84 Å². The Morgan fingerprint density at radius 1 is 1.29 bits per heavy atom. The number of pyridine rings is 1. The highest BCUT2D eigenvalue weighted by Crippen LogP contribution is 2.13. The van der Waals surface area contributed by atoms with Crippen molar-refractivity contribution in [1.29, 1.82) is 5.41 Å². The summed E-state index contributed by atoms with van der Waals surface area (Å²) in [4.78, 5) is 6.56. The molecule has 0 aromatic carbocycles. The first-order valence-electron chi connectivity index (χ1n) is 6.27. The van der Waals surface area contributed by atoms with Crippen LogP contribution < -0.4 is 5.73 Å². The van der Waals surface area contributed by atoms with E-state index in [1.807, 2.05) is 12.1 Å². The standard InChI is InChI=1S/C13H20N4/c14-13(15)12-9-11(5-6-16-12)10-17-7-3-1-2-4-8-17/h5-6,9H,1-4,7-8,10H2,(H3,14,15). The molecule has 2 rings (SSSR count). The Hall–Kier alpha value is -1.42. The Morgan fingerprint density at radius 2 is 2.00 bits per heavy atom. The second-order valence-corrected chi connectivity index (χ2v) is 4.65. The summed E-state index contributed by atoms with van der Waals surface area (Å²) in [5, 5.41) is 7.39. The van der Waals surface area contributed by atoms with Gasteiger partial charge in [0.05, 0.1) is 0 Å². The molecule has 0 bridgehead atoms. The minimum absolute atomic E-state index is 0.0442. The highest BCUT2D eigenvalue weighted by Gasteiger charge is 2.10. The Balaban J connectivity index is 2.01. The smallest absolute Gasteiger partial charge is 0.141 e. The molecule has 0 aliphatic carbocycles. The minimum atomic E-state index is 0.0442. The molecule has 1 fully saturated rings. The molecular formula is C13H20N4. The first-order chi connectivity index (χ1) is 8.25. The average molecular weight is 232 g/mol. The SMILES string of the molecule is N=C(N)c1cc(CN2CCCCCC2)ccn1. The lowest BCUT2D eigenvalue weighted by molar-refractivity contribution is 0.277. The molecule has 0 saturated carbocycles. The zero-order valence-electron chi connectivity index (χ0n) is 10.2. The average Bonchev–Trinajstić information content (AvgIpc) is 2.58. The van der Waals surface area contributed by atoms with E-state index in [0.717, 1.165) is 6.54 Å². The van der Waals surface area contributed by atoms with Crippen LogP contribution >= 0.6 is 0 Å². The van der Waals surface area contributed by atoms with Crippen LogP contribution in [0.5, 0.6) is 0 Å². The molecule has 1 aromatic rings. The van der Waals surface area contributed by atoms with Gasteiger partial charge < -0.3 is 5.73 Å². The van der Waals surface area contributed by atoms with Crippen molar-refractivity contribution in [2.75, 3.05) is 13.1 Å². The van der Waals surface area contributed by atoms with Gasteiger partial charge in [-0.25, -0.2) is 0 Å². The molecule has 3 N–H and O–H groups in total. The molecule has 0 spiro atoms. The van der Waals surface area contributed by atoms with Crippen LogP contribution in [0.2, 0.25) is 0 Å². The molecule has 0 amide bonds. The van der Waals surface area contributed by atoms with Crippen molar-refractivity contribution in [2.45, 2.75) is 32.2 Å². The van der Waals surface area contributed by atoms with Crippen molar-refractivity contribution in [3.05, 3.63) is 29.6 Å². The lowest BCUT2D eigenvalue weighted by Gasteiger charge is -2.19. The number of nitrogen functional groups attached to an aromatic ring is 1. The molecule has 4 nitrogen and oxygen atoms in total. The van der Waals surface area contributed by atoms with Crippen molar-refractivity contribution in [2.24, 2.45) is 5.73 Å². The normalized spacial score (nSPS) is 17.6. The summed E-state index contributed by atoms with van der Waals surface area (Å²) >= 11 is 0. The molecule has 0 atom stereocenters. The van der Waals surface area contributed by atoms with E-state index in [1.165, 1.54) is 44.3 Å². The first kappa shape index (κ1) is 12.0. The lowest BCUT2D eigenvalue weighted by Crippen LogP contribution is -2.24. The summed E-state index contributed by atoms with van der Waals surface area (Å²) < 4.78 is 0. The van der Waals surface area contributed by atoms with Gasteiger partial charge in [0.1, 0.15) is 11.5 Å². The summed E-state index contributed by atoms with van der Waals surface area (Å²) in [6.45, 7) is 3.30. The fraction of sp³-hybridized carbons (Fsp3) is 0.538. The molecule has 17 heavy (non-hydrogen) atoms. The van der Waals surface area contributed by atoms with Crippen LogP contribution in [0, 0.1) is 5.41 Å². The molecule has 1 aliphatic rings. The van der Waals surface area contributed by atoms with Gasteiger partial charge in [0.2, 0.25) is 0 Å². The second-order valence-electron chi connectivity index (χ2n) is 4.65. The van der Waals surface area contributed by atoms with Gasteiger partial charge in [0.15, 0.2) is 0 Å². The van der Waals surface area contributed by atoms with Crippen molar-refractivity contribution in [1.82, 2.24) is 9.88 Å². The Morgan fingerprint density at radius 3 is 2.65 bits per heavy atom. The van der Waals surface area contributed by atoms with Gasteiger partial charge in [-0.2, -0.15) is 0 Å². The van der Waals surface area contributed by atoms with E-state index in [4.69, 9.17) is 11.1 Å². The van der Waals surface area contributed by atoms with Crippen LogP contribution in [0.4, 0.5) is 0 Å². The predicted octanol–water partition coefficient (Wildman–Crippen LogP) is 1.74. The molecule has 4 heteroatoms. The fourth-order valence-corrected chi connectivity index (χ4v) is 2.27. The minimum Gasteiger partial charge on any atom is -0.382 e. The van der Waals surface area contributed by atoms with Gasteiger partial charge in [0.25, 0.3) is 0 Å². The fourth-order valence-electron chi connectivity index (χ4n) is 2.27. The second kappa shape index (κ2) is 5.77. The van der Waals surface area contributed by atoms with Crippen molar-refractivity contribution in [3.8, 4) is 0 Å². The van der Waals surface area contributed by atoms with Crippen molar-refractivity contribution < 1.29 is 0 Å². The van der Waals surface area contributed by atoms with Crippen LogP contribution in [0.3, 0.4) is 0 Å². The van der Waals surface area contributed by atoms with E-state index in [0.29, 0.717) is 5.69 Å². The number of hydrogen-bond donors (Lipinski definition) is 2. The molecule has 0 radical (unpaired) electrons. The van der Waals surface area contributed by atoms with Crippen molar-refractivity contribution in [3.63, 3.8) is 0 Å². The zero-order valence-corrected chi connectivity index (χ0v) is 10.2. The van der Waals surface area contributed by atoms with Gasteiger partial charge in [-0.3, -0.25) is 15.3 Å². The Labute approximate surface area is 102 Å². The third-order valence-electron chi connectivity index (χ3n) is 3.21. The zero-order chi connectivity index (χ0) is 12.1. The molecular weight excluding hydrogens is 212 g/mol. The first-order valence-corrected chi connectivity index (χ1v) is 6.27. The molecule has 1 aliphatic heterocycles. The molecule has 1 saturated heterocycles. The predicted molar refractivity (Wildman–Crippen MR) is 69.0 cm³/mol. The van der Waals surface area contributed by atoms with Crippen LogP contribution in [0.25, 0.3) is 0 Å². The van der Waals surface area contributed by atoms with E-state index in [1.54, 1.807) is 6.20 Å². The number of hydrogen-bond acceptors (Lipinski definition) is 3. The van der Waals surface area contributed by atoms with Gasteiger partial charge in [-0.1, -0.05) is 12.8 Å². The van der Waals surface area contributed by atoms with E-state index >= 15 is 0 Å². The van der Waals surface area contributed by atoms with E-state index < -0.39 is 0 Å². The quantitative estimate of drug-likeness (QED) is 0.616.